The first-order valence-corrected chi connectivity index (χ1v) is 6.21. The van der Waals surface area contributed by atoms with Crippen LogP contribution in [0.15, 0.2) is 0 Å². The SMILES string of the molecule is CC(=O)[C@H](C(C)C)N(C)C(=O)[C@@H](N)CC(C)C. The molecule has 17 heavy (non-hydrogen) atoms. The number of amides is 1. The average molecular weight is 242 g/mol. The summed E-state index contributed by atoms with van der Waals surface area (Å²) in [6.45, 7) is 9.44. The summed E-state index contributed by atoms with van der Waals surface area (Å²) in [6.07, 6.45) is 0.645. The van der Waals surface area contributed by atoms with Crippen LogP contribution in [-0.4, -0.2) is 35.7 Å². The van der Waals surface area contributed by atoms with Crippen molar-refractivity contribution in [3.05, 3.63) is 0 Å². The molecule has 4 heteroatoms. The molecule has 2 N–H and O–H groups in total. The van der Waals surface area contributed by atoms with Gasteiger partial charge in [0.05, 0.1) is 12.1 Å². The van der Waals surface area contributed by atoms with E-state index >= 15 is 0 Å². The second kappa shape index (κ2) is 6.74. The largest absolute Gasteiger partial charge is 0.334 e. The molecule has 0 saturated heterocycles. The number of nitrogens with zero attached hydrogens (tertiary/aromatic N) is 1. The molecule has 1 amide bonds. The average Bonchev–Trinajstić information content (AvgIpc) is 2.13. The van der Waals surface area contributed by atoms with Crippen LogP contribution in [0.1, 0.15) is 41.0 Å². The molecule has 0 fully saturated rings. The van der Waals surface area contributed by atoms with Gasteiger partial charge in [0.25, 0.3) is 0 Å². The van der Waals surface area contributed by atoms with Crippen molar-refractivity contribution in [3.63, 3.8) is 0 Å². The van der Waals surface area contributed by atoms with E-state index in [1.807, 2.05) is 27.7 Å². The van der Waals surface area contributed by atoms with Crippen molar-refractivity contribution in [2.75, 3.05) is 7.05 Å². The van der Waals surface area contributed by atoms with Crippen LogP contribution in [0.3, 0.4) is 0 Å². The van der Waals surface area contributed by atoms with Gasteiger partial charge in [-0.15, -0.1) is 0 Å². The van der Waals surface area contributed by atoms with Gasteiger partial charge in [0.1, 0.15) is 0 Å². The van der Waals surface area contributed by atoms with Crippen LogP contribution < -0.4 is 5.73 Å². The van der Waals surface area contributed by atoms with Crippen LogP contribution in [0.25, 0.3) is 0 Å². The smallest absolute Gasteiger partial charge is 0.239 e. The molecular weight excluding hydrogens is 216 g/mol. The van der Waals surface area contributed by atoms with E-state index in [9.17, 15) is 9.59 Å². The zero-order valence-electron chi connectivity index (χ0n) is 11.9. The molecule has 0 heterocycles. The summed E-state index contributed by atoms with van der Waals surface area (Å²) in [4.78, 5) is 25.1. The highest BCUT2D eigenvalue weighted by Crippen LogP contribution is 2.13. The summed E-state index contributed by atoms with van der Waals surface area (Å²) in [5.41, 5.74) is 5.85. The van der Waals surface area contributed by atoms with Crippen LogP contribution in [-0.2, 0) is 9.59 Å². The number of carbonyl (C=O) groups excluding carboxylic acids is 2. The molecule has 0 aromatic carbocycles. The third-order valence-electron chi connectivity index (χ3n) is 2.86. The Kier molecular flexibility index (Phi) is 6.39. The topological polar surface area (TPSA) is 63.4 Å². The Morgan fingerprint density at radius 2 is 1.65 bits per heavy atom. The summed E-state index contributed by atoms with van der Waals surface area (Å²) < 4.78 is 0. The fourth-order valence-corrected chi connectivity index (χ4v) is 2.20. The molecule has 0 aromatic rings. The highest BCUT2D eigenvalue weighted by molar-refractivity contribution is 5.89. The van der Waals surface area contributed by atoms with E-state index in [2.05, 4.69) is 0 Å². The number of hydrogen-bond acceptors (Lipinski definition) is 3. The van der Waals surface area contributed by atoms with Crippen molar-refractivity contribution in [1.29, 1.82) is 0 Å². The van der Waals surface area contributed by atoms with Crippen LogP contribution in [0.4, 0.5) is 0 Å². The van der Waals surface area contributed by atoms with Crippen molar-refractivity contribution >= 4 is 11.7 Å². The molecule has 0 aliphatic rings. The minimum atomic E-state index is -0.513. The quantitative estimate of drug-likeness (QED) is 0.766. The van der Waals surface area contributed by atoms with Gasteiger partial charge < -0.3 is 10.6 Å². The van der Waals surface area contributed by atoms with E-state index < -0.39 is 6.04 Å². The van der Waals surface area contributed by atoms with E-state index in [1.165, 1.54) is 11.8 Å². The van der Waals surface area contributed by atoms with Crippen molar-refractivity contribution in [2.45, 2.75) is 53.1 Å². The van der Waals surface area contributed by atoms with Crippen LogP contribution >= 0.6 is 0 Å². The van der Waals surface area contributed by atoms with Gasteiger partial charge in [0, 0.05) is 7.05 Å². The lowest BCUT2D eigenvalue weighted by Gasteiger charge is -2.31. The number of hydrogen-bond donors (Lipinski definition) is 1. The molecule has 100 valence electrons. The minimum absolute atomic E-state index is 0.00703. The number of carbonyl (C=O) groups is 2. The predicted molar refractivity (Wildman–Crippen MR) is 69.5 cm³/mol. The molecule has 0 rings (SSSR count). The van der Waals surface area contributed by atoms with Crippen molar-refractivity contribution in [3.8, 4) is 0 Å². The van der Waals surface area contributed by atoms with Gasteiger partial charge in [-0.05, 0) is 25.2 Å². The van der Waals surface area contributed by atoms with Crippen molar-refractivity contribution in [2.24, 2.45) is 17.6 Å². The molecule has 0 saturated carbocycles. The van der Waals surface area contributed by atoms with Gasteiger partial charge >= 0.3 is 0 Å². The standard InChI is InChI=1S/C13H26N2O2/c1-8(2)7-11(14)13(17)15(6)12(9(3)4)10(5)16/h8-9,11-12H,7,14H2,1-6H3/t11-,12-/m0/s1. The molecule has 0 bridgehead atoms. The molecule has 0 aromatic heterocycles. The molecule has 0 unspecified atom stereocenters. The predicted octanol–water partition coefficient (Wildman–Crippen LogP) is 1.43. The Bertz CT molecular complexity index is 275. The lowest BCUT2D eigenvalue weighted by Crippen LogP contribution is -2.51. The third kappa shape index (κ3) is 4.86. The lowest BCUT2D eigenvalue weighted by atomic mass is 9.97. The zero-order chi connectivity index (χ0) is 13.7. The highest BCUT2D eigenvalue weighted by atomic mass is 16.2. The molecular formula is C13H26N2O2. The maximum atomic E-state index is 12.1. The van der Waals surface area contributed by atoms with E-state index in [1.54, 1.807) is 7.05 Å². The Labute approximate surface area is 105 Å². The summed E-state index contributed by atoms with van der Waals surface area (Å²) >= 11 is 0. The van der Waals surface area contributed by atoms with Gasteiger partial charge in [-0.2, -0.15) is 0 Å². The van der Waals surface area contributed by atoms with E-state index in [-0.39, 0.29) is 23.7 Å². The summed E-state index contributed by atoms with van der Waals surface area (Å²) in [5.74, 6) is 0.338. The summed E-state index contributed by atoms with van der Waals surface area (Å²) in [5, 5.41) is 0. The minimum Gasteiger partial charge on any atom is -0.334 e. The highest BCUT2D eigenvalue weighted by Gasteiger charge is 2.29. The molecule has 0 aliphatic carbocycles. The van der Waals surface area contributed by atoms with E-state index in [4.69, 9.17) is 5.73 Å². The van der Waals surface area contributed by atoms with Crippen LogP contribution in [0, 0.1) is 11.8 Å². The third-order valence-corrected chi connectivity index (χ3v) is 2.86. The number of Topliss-reactive ketones (excluding diaryl/α,β-unsaturated/α-hetero) is 1. The first kappa shape index (κ1) is 16.1. The molecule has 0 aliphatic heterocycles. The first-order valence-electron chi connectivity index (χ1n) is 6.21. The van der Waals surface area contributed by atoms with Gasteiger partial charge in [0.15, 0.2) is 5.78 Å². The van der Waals surface area contributed by atoms with Gasteiger partial charge in [-0.25, -0.2) is 0 Å². The van der Waals surface area contributed by atoms with Gasteiger partial charge in [0.2, 0.25) is 5.91 Å². The summed E-state index contributed by atoms with van der Waals surface area (Å²) in [7, 11) is 1.66. The Balaban J connectivity index is 4.71. The van der Waals surface area contributed by atoms with Crippen LogP contribution in [0.5, 0.6) is 0 Å². The number of ketones is 1. The van der Waals surface area contributed by atoms with E-state index in [0.29, 0.717) is 12.3 Å². The monoisotopic (exact) mass is 242 g/mol. The molecule has 2 atom stereocenters. The first-order chi connectivity index (χ1) is 7.68. The van der Waals surface area contributed by atoms with Gasteiger partial charge in [-0.1, -0.05) is 27.7 Å². The maximum Gasteiger partial charge on any atom is 0.239 e. The molecule has 0 radical (unpaired) electrons. The number of likely N-dealkylation sites (N-methyl/N-ethyl adjacent to an activating group) is 1. The number of rotatable bonds is 6. The number of nitrogens with two attached hydrogens (primary N) is 1. The Morgan fingerprint density at radius 3 is 1.94 bits per heavy atom. The van der Waals surface area contributed by atoms with Crippen molar-refractivity contribution < 1.29 is 9.59 Å². The van der Waals surface area contributed by atoms with E-state index in [0.717, 1.165) is 0 Å². The Morgan fingerprint density at radius 1 is 1.18 bits per heavy atom. The fraction of sp³-hybridized carbons (Fsp3) is 0.846. The maximum absolute atomic E-state index is 12.1. The Hall–Kier alpha value is -0.900. The normalized spacial score (nSPS) is 14.9. The van der Waals surface area contributed by atoms with Crippen LogP contribution in [0.2, 0.25) is 0 Å². The summed E-state index contributed by atoms with van der Waals surface area (Å²) in [6, 6.07) is -0.888. The van der Waals surface area contributed by atoms with Gasteiger partial charge in [-0.3, -0.25) is 9.59 Å². The molecule has 4 nitrogen and oxygen atoms in total. The lowest BCUT2D eigenvalue weighted by molar-refractivity contribution is -0.140. The second-order valence-electron chi connectivity index (χ2n) is 5.48. The fourth-order valence-electron chi connectivity index (χ4n) is 2.20. The second-order valence-corrected chi connectivity index (χ2v) is 5.48. The zero-order valence-corrected chi connectivity index (χ0v) is 11.9. The van der Waals surface area contributed by atoms with Crippen molar-refractivity contribution in [1.82, 2.24) is 4.90 Å². The molecule has 0 spiro atoms.